The van der Waals surface area contributed by atoms with Gasteiger partial charge in [-0.1, -0.05) is 27.7 Å². The van der Waals surface area contributed by atoms with Crippen LogP contribution >= 0.6 is 0 Å². The lowest BCUT2D eigenvalue weighted by molar-refractivity contribution is 0.0990. The number of hydrogen-bond donors (Lipinski definition) is 1. The third-order valence-corrected chi connectivity index (χ3v) is 5.42. The maximum atomic E-state index is 6.41. The molecule has 3 unspecified atom stereocenters. The molecule has 0 aromatic carbocycles. The van der Waals surface area contributed by atoms with E-state index in [-0.39, 0.29) is 0 Å². The van der Waals surface area contributed by atoms with Crippen molar-refractivity contribution in [2.45, 2.75) is 65.8 Å². The zero-order valence-corrected chi connectivity index (χ0v) is 13.5. The largest absolute Gasteiger partial charge is 0.327 e. The van der Waals surface area contributed by atoms with Gasteiger partial charge < -0.3 is 10.6 Å². The van der Waals surface area contributed by atoms with Crippen molar-refractivity contribution in [3.05, 3.63) is 0 Å². The predicted molar refractivity (Wildman–Crippen MR) is 83.1 cm³/mol. The van der Waals surface area contributed by atoms with Crippen LogP contribution in [0.15, 0.2) is 0 Å². The van der Waals surface area contributed by atoms with Crippen molar-refractivity contribution in [1.29, 1.82) is 0 Å². The maximum Gasteiger partial charge on any atom is 0.00795 e. The van der Waals surface area contributed by atoms with Crippen molar-refractivity contribution < 1.29 is 0 Å². The second-order valence-electron chi connectivity index (χ2n) is 8.10. The van der Waals surface area contributed by atoms with Gasteiger partial charge in [-0.25, -0.2) is 0 Å². The van der Waals surface area contributed by atoms with E-state index in [1.165, 1.54) is 51.7 Å². The minimum absolute atomic E-state index is 0.437. The lowest BCUT2D eigenvalue weighted by Crippen LogP contribution is -2.45. The van der Waals surface area contributed by atoms with Crippen molar-refractivity contribution in [2.75, 3.05) is 19.6 Å². The van der Waals surface area contributed by atoms with Crippen LogP contribution in [-0.4, -0.2) is 30.6 Å². The molecular formula is C17H34N2. The van der Waals surface area contributed by atoms with Crippen LogP contribution in [0.2, 0.25) is 0 Å². The standard InChI is InChI=1S/C17H34N2/c1-5-19(11-13-6-7-13)12-14-10-15(17(2,3)4)8-9-16(14)18/h13-16H,5-12,18H2,1-4H3. The molecule has 0 aromatic heterocycles. The summed E-state index contributed by atoms with van der Waals surface area (Å²) in [7, 11) is 0. The fraction of sp³-hybridized carbons (Fsp3) is 1.00. The topological polar surface area (TPSA) is 29.3 Å². The van der Waals surface area contributed by atoms with E-state index >= 15 is 0 Å². The van der Waals surface area contributed by atoms with Crippen molar-refractivity contribution in [2.24, 2.45) is 28.9 Å². The molecule has 0 aliphatic heterocycles. The summed E-state index contributed by atoms with van der Waals surface area (Å²) in [5.74, 6) is 2.58. The molecule has 2 fully saturated rings. The average Bonchev–Trinajstić information content (AvgIpc) is 3.13. The summed E-state index contributed by atoms with van der Waals surface area (Å²) in [4.78, 5) is 2.66. The molecule has 0 saturated heterocycles. The van der Waals surface area contributed by atoms with Crippen molar-refractivity contribution in [3.8, 4) is 0 Å². The molecule has 2 aliphatic rings. The lowest BCUT2D eigenvalue weighted by atomic mass is 9.67. The van der Waals surface area contributed by atoms with Gasteiger partial charge in [-0.2, -0.15) is 0 Å². The number of rotatable bonds is 5. The molecule has 2 aliphatic carbocycles. The molecule has 2 rings (SSSR count). The highest BCUT2D eigenvalue weighted by Crippen LogP contribution is 2.40. The average molecular weight is 266 g/mol. The summed E-state index contributed by atoms with van der Waals surface area (Å²) < 4.78 is 0. The molecule has 2 saturated carbocycles. The van der Waals surface area contributed by atoms with Gasteiger partial charge in [0.05, 0.1) is 0 Å². The molecule has 19 heavy (non-hydrogen) atoms. The van der Waals surface area contributed by atoms with E-state index in [4.69, 9.17) is 5.73 Å². The van der Waals surface area contributed by atoms with Gasteiger partial charge in [0.2, 0.25) is 0 Å². The molecule has 0 heterocycles. The van der Waals surface area contributed by atoms with Gasteiger partial charge in [0.15, 0.2) is 0 Å². The van der Waals surface area contributed by atoms with Gasteiger partial charge in [0.25, 0.3) is 0 Å². The Morgan fingerprint density at radius 2 is 1.74 bits per heavy atom. The first-order chi connectivity index (χ1) is 8.90. The Morgan fingerprint density at radius 1 is 1.05 bits per heavy atom. The van der Waals surface area contributed by atoms with Gasteiger partial charge in [-0.15, -0.1) is 0 Å². The second kappa shape index (κ2) is 6.13. The van der Waals surface area contributed by atoms with Crippen LogP contribution in [0.4, 0.5) is 0 Å². The molecule has 0 spiro atoms. The molecule has 0 radical (unpaired) electrons. The Hall–Kier alpha value is -0.0800. The van der Waals surface area contributed by atoms with Gasteiger partial charge in [-0.3, -0.25) is 0 Å². The van der Waals surface area contributed by atoms with Crippen molar-refractivity contribution >= 4 is 0 Å². The van der Waals surface area contributed by atoms with Crippen LogP contribution < -0.4 is 5.73 Å². The van der Waals surface area contributed by atoms with Gasteiger partial charge >= 0.3 is 0 Å². The van der Waals surface area contributed by atoms with Crippen LogP contribution in [0.1, 0.15) is 59.8 Å². The lowest BCUT2D eigenvalue weighted by Gasteiger charge is -2.42. The zero-order valence-electron chi connectivity index (χ0n) is 13.5. The molecule has 2 N–H and O–H groups in total. The Morgan fingerprint density at radius 3 is 2.26 bits per heavy atom. The molecule has 3 atom stereocenters. The SMILES string of the molecule is CCN(CC1CC1)CC1CC(C(C)(C)C)CCC1N. The first-order valence-electron chi connectivity index (χ1n) is 8.38. The van der Waals surface area contributed by atoms with Crippen LogP contribution in [0, 0.1) is 23.2 Å². The Kier molecular flexibility index (Phi) is 4.94. The van der Waals surface area contributed by atoms with Gasteiger partial charge in [-0.05, 0) is 61.8 Å². The summed E-state index contributed by atoms with van der Waals surface area (Å²) in [5, 5.41) is 0. The minimum atomic E-state index is 0.437. The van der Waals surface area contributed by atoms with Gasteiger partial charge in [0, 0.05) is 19.1 Å². The highest BCUT2D eigenvalue weighted by Gasteiger charge is 2.35. The fourth-order valence-corrected chi connectivity index (χ4v) is 3.61. The first kappa shape index (κ1) is 15.3. The normalized spacial score (nSPS) is 32.8. The van der Waals surface area contributed by atoms with E-state index in [9.17, 15) is 0 Å². The number of hydrogen-bond acceptors (Lipinski definition) is 2. The highest BCUT2D eigenvalue weighted by molar-refractivity contribution is 4.89. The third-order valence-electron chi connectivity index (χ3n) is 5.42. The Balaban J connectivity index is 1.88. The first-order valence-corrected chi connectivity index (χ1v) is 8.38. The zero-order chi connectivity index (χ0) is 14.0. The molecule has 2 nitrogen and oxygen atoms in total. The van der Waals surface area contributed by atoms with Crippen molar-refractivity contribution in [1.82, 2.24) is 4.90 Å². The summed E-state index contributed by atoms with van der Waals surface area (Å²) in [6.45, 7) is 13.2. The smallest absolute Gasteiger partial charge is 0.00795 e. The summed E-state index contributed by atoms with van der Waals surface area (Å²) >= 11 is 0. The van der Waals surface area contributed by atoms with E-state index in [2.05, 4.69) is 32.6 Å². The van der Waals surface area contributed by atoms with Crippen molar-refractivity contribution in [3.63, 3.8) is 0 Å². The molecular weight excluding hydrogens is 232 g/mol. The molecule has 0 bridgehead atoms. The highest BCUT2D eigenvalue weighted by atomic mass is 15.1. The van der Waals surface area contributed by atoms with Gasteiger partial charge in [0.1, 0.15) is 0 Å². The fourth-order valence-electron chi connectivity index (χ4n) is 3.61. The summed E-state index contributed by atoms with van der Waals surface area (Å²) in [5.41, 5.74) is 6.86. The van der Waals surface area contributed by atoms with E-state index in [1.54, 1.807) is 0 Å². The van der Waals surface area contributed by atoms with E-state index < -0.39 is 0 Å². The van der Waals surface area contributed by atoms with Crippen LogP contribution in [-0.2, 0) is 0 Å². The predicted octanol–water partition coefficient (Wildman–Crippen LogP) is 3.51. The third kappa shape index (κ3) is 4.46. The number of nitrogens with two attached hydrogens (primary N) is 1. The van der Waals surface area contributed by atoms with E-state index in [0.29, 0.717) is 11.5 Å². The maximum absolute atomic E-state index is 6.41. The minimum Gasteiger partial charge on any atom is -0.327 e. The Bertz CT molecular complexity index is 277. The quantitative estimate of drug-likeness (QED) is 0.825. The van der Waals surface area contributed by atoms with E-state index in [1.807, 2.05) is 0 Å². The van der Waals surface area contributed by atoms with E-state index in [0.717, 1.165) is 17.8 Å². The summed E-state index contributed by atoms with van der Waals surface area (Å²) in [6, 6.07) is 0.437. The molecule has 112 valence electrons. The van der Waals surface area contributed by atoms with Crippen LogP contribution in [0.3, 0.4) is 0 Å². The molecule has 0 amide bonds. The van der Waals surface area contributed by atoms with Crippen LogP contribution in [0.25, 0.3) is 0 Å². The summed E-state index contributed by atoms with van der Waals surface area (Å²) in [6.07, 6.45) is 6.81. The Labute approximate surface area is 120 Å². The second-order valence-corrected chi connectivity index (χ2v) is 8.10. The van der Waals surface area contributed by atoms with Crippen LogP contribution in [0.5, 0.6) is 0 Å². The monoisotopic (exact) mass is 266 g/mol. The molecule has 0 aromatic rings. The molecule has 2 heteroatoms. The number of nitrogens with zero attached hydrogens (tertiary/aromatic N) is 1.